The third-order valence-corrected chi connectivity index (χ3v) is 26.1. The first-order valence-corrected chi connectivity index (χ1v) is 45.0. The van der Waals surface area contributed by atoms with Gasteiger partial charge >= 0.3 is 36.2 Å². The molecule has 1 aliphatic carbocycles. The number of carbonyl (C=O) groups is 12. The van der Waals surface area contributed by atoms with Crippen LogP contribution in [0.4, 0.5) is 28.8 Å². The van der Waals surface area contributed by atoms with E-state index >= 15 is 0 Å². The van der Waals surface area contributed by atoms with Crippen molar-refractivity contribution in [3.63, 3.8) is 0 Å². The normalized spacial score (nSPS) is 34.4. The van der Waals surface area contributed by atoms with Crippen molar-refractivity contribution in [1.82, 2.24) is 90.4 Å². The second-order valence-electron chi connectivity index (χ2n) is 31.4. The first-order valence-electron chi connectivity index (χ1n) is 37.0. The Morgan fingerprint density at radius 1 is 0.361 bits per heavy atom. The van der Waals surface area contributed by atoms with Crippen LogP contribution in [0.15, 0.2) is 0 Å². The summed E-state index contributed by atoms with van der Waals surface area (Å²) in [5.74, 6) is -1.63. The lowest BCUT2D eigenvalue weighted by atomic mass is 9.83. The molecule has 19 fully saturated rings. The van der Waals surface area contributed by atoms with Crippen LogP contribution in [0, 0.1) is 35.5 Å². The predicted molar refractivity (Wildman–Crippen MR) is 364 cm³/mol. The van der Waals surface area contributed by atoms with Gasteiger partial charge in [0.25, 0.3) is 0 Å². The zero-order valence-corrected chi connectivity index (χ0v) is 67.2. The summed E-state index contributed by atoms with van der Waals surface area (Å²) >= 11 is 0. The van der Waals surface area contributed by atoms with E-state index in [1.54, 1.807) is 16.8 Å². The lowest BCUT2D eigenvalue weighted by Crippen LogP contribution is -2.58. The van der Waals surface area contributed by atoms with Gasteiger partial charge < -0.3 is 97.8 Å². The fraction of sp³-hybridized carbons (Fsp3) is 0.789. The summed E-state index contributed by atoms with van der Waals surface area (Å²) in [7, 11) is -26.9. The number of hydrogen-bond acceptors (Lipinski definition) is 37. The molecular weight excluding hydrogens is 1740 g/mol. The minimum Gasteiger partial charge on any atom is -0.724 e. The van der Waals surface area contributed by atoms with Gasteiger partial charge in [-0.3, -0.25) is 28.8 Å². The van der Waals surface area contributed by atoms with Crippen molar-refractivity contribution >= 4 is 134 Å². The van der Waals surface area contributed by atoms with Crippen LogP contribution in [0.3, 0.4) is 0 Å². The van der Waals surface area contributed by atoms with Gasteiger partial charge in [0, 0.05) is 122 Å². The van der Waals surface area contributed by atoms with Crippen LogP contribution in [0.25, 0.3) is 0 Å². The van der Waals surface area contributed by atoms with Crippen LogP contribution in [-0.4, -0.2) is 414 Å². The zero-order valence-electron chi connectivity index (χ0n) is 62.3. The molecule has 19 atom stereocenters. The average molecular weight is 1810 g/mol. The van der Waals surface area contributed by atoms with Gasteiger partial charge in [0.05, 0.1) is 62.0 Å². The number of nitrogens with zero attached hydrogens (tertiary/aromatic N) is 15. The number of quaternary nitrogens is 1. The largest absolute Gasteiger partial charge is 0.724 e. The summed E-state index contributed by atoms with van der Waals surface area (Å²) in [5, 5.41) is 11.6. The molecule has 1 saturated carbocycles. The number of likely N-dealkylation sites (tertiary alicyclic amines) is 3. The summed E-state index contributed by atoms with van der Waals surface area (Å²) in [5.41, 5.74) is 3.71. The molecule has 12 bridgehead atoms. The monoisotopic (exact) mass is 1810 g/mol. The number of hydroxylamine groups is 12. The molecule has 0 spiro atoms. The number of carbonyl (C=O) groups excluding carboxylic acids is 12. The SMILES string of the molecule is CN1C[C@@H]2C[C@@H]3CN(C(=O)N3OS(=O)(=O)[O-])[C@@H]2C1=O.COC[C@@H]1NC(=O)[C@@H]2[C@H]1C[C@@H]1CN2C(=O)N1OS(=O)(=O)[O-].O=C1NCC[C@@H]2C[C@@H]3CN(C(=O)N3OS(=O)(=O)[O-])[C@H]12.O=C1NC[C@@H]2C[C@@H]3CN(C(=O)N3OS(=O)(=O)[O-])[C@H]12.O=C1[C@@H]2[C@@H](C[C@@H]3CN2C(=O)N3OS(=O)(=O)[O-])CN1C1CC1.[NH3+]CCN1C[C@@H]2C[C@@H]3CN(C(=O)N3OS(=O)(=O)[O-])[C@@H]2C1=O. The van der Waals surface area contributed by atoms with E-state index in [0.717, 1.165) is 12.8 Å². The number of nitrogens with one attached hydrogen (secondary N) is 3. The molecule has 19 aliphatic rings. The highest BCUT2D eigenvalue weighted by Gasteiger charge is 2.63. The highest BCUT2D eigenvalue weighted by atomic mass is 32.3. The molecule has 0 radical (unpaired) electrons. The molecule has 0 aromatic carbocycles. The smallest absolute Gasteiger partial charge is 0.346 e. The van der Waals surface area contributed by atoms with Gasteiger partial charge in [-0.2, -0.15) is 56.1 Å². The summed E-state index contributed by atoms with van der Waals surface area (Å²) in [6, 6.07) is -11.1. The molecule has 0 aromatic rings. The standard InChI is InChI=1S/C11H15N3O6S.C10H16N4O6S.C10H15N3O7S.2C9H13N3O6S.C8H11N3O6S/c15-10-9-6(4-12(10)7-1-2-7)3-8-5-13(9)11(16)14(8)20-21(17,18)19;11-1-2-12-4-6-3-7-5-13(8(6)9(12)15)10(16)14(7)20-21(17,18)19;1-19-4-7-6-2-5-3-12(8(6)9(14)11-7)10(15)13(5)20-21(16,17)18;1-10-3-5-2-6-4-11(7(5)8(10)13)9(14)12(6)18-19(15,16)17;13-8-7-5(1-2-10-8)3-6-4-11(7)9(14)12(6)18-19(15,16)17;12-7-6-4(2-9-7)1-5-3-10(6)8(13)11(5)17-18(14,15)16/h6-9H,1-5H2,(H,17,18,19);6-8H,1-5,11H2,(H,17,18,19);5-8H,2-4H2,1H3,(H,11,14)(H,16,17,18);5-7H,2-4H2,1H3,(H,15,16,17);5-7H,1-4H2,(H,10,13)(H,15,16,17);4-6H,1-3H2,(H,9,12)(H,14,15,16)/p-5/t6-,8+,9-;6-,7+,8-;5-,6+,7+,8+;5-,6+,7-;5-,6-,7+;4-,5+,6-/m001010/s1. The quantitative estimate of drug-likeness (QED) is 0.0776. The third kappa shape index (κ3) is 17.5. The number of ether oxygens (including phenoxy) is 1. The first kappa shape index (κ1) is 86.9. The highest BCUT2D eigenvalue weighted by Crippen LogP contribution is 2.46. The fourth-order valence-electron chi connectivity index (χ4n) is 19.7. The van der Waals surface area contributed by atoms with E-state index < -0.39 is 171 Å². The van der Waals surface area contributed by atoms with Crippen LogP contribution in [0.1, 0.15) is 57.8 Å². The highest BCUT2D eigenvalue weighted by molar-refractivity contribution is 7.81. The second kappa shape index (κ2) is 31.8. The molecule has 62 heteroatoms. The second-order valence-corrected chi connectivity index (χ2v) is 37.2. The van der Waals surface area contributed by atoms with Crippen molar-refractivity contribution in [2.24, 2.45) is 35.5 Å². The average Bonchev–Trinajstić information content (AvgIpc) is 1.58. The minimum absolute atomic E-state index is 0.0243. The van der Waals surface area contributed by atoms with Crippen LogP contribution in [0.5, 0.6) is 0 Å². The predicted octanol–water partition coefficient (Wildman–Crippen LogP) is -11.4. The number of amides is 18. The van der Waals surface area contributed by atoms with E-state index in [4.69, 9.17) is 4.74 Å². The molecule has 56 nitrogen and oxygen atoms in total. The molecule has 18 aliphatic heterocycles. The molecule has 6 N–H and O–H groups in total. The van der Waals surface area contributed by atoms with E-state index in [2.05, 4.69) is 47.4 Å². The van der Waals surface area contributed by atoms with Gasteiger partial charge in [-0.1, -0.05) is 0 Å². The van der Waals surface area contributed by atoms with Crippen LogP contribution in [-0.2, 0) is 122 Å². The van der Waals surface area contributed by atoms with Crippen molar-refractivity contribution in [2.45, 2.75) is 142 Å². The number of methoxy groups -OCH3 is 1. The summed E-state index contributed by atoms with van der Waals surface area (Å²) < 4.78 is 222. The maximum Gasteiger partial charge on any atom is 0.346 e. The molecule has 664 valence electrons. The Morgan fingerprint density at radius 3 is 1.09 bits per heavy atom. The Kier molecular flexibility index (Phi) is 23.2. The summed E-state index contributed by atoms with van der Waals surface area (Å²) in [4.78, 5) is 157. The lowest BCUT2D eigenvalue weighted by Gasteiger charge is -2.39. The molecule has 18 heterocycles. The summed E-state index contributed by atoms with van der Waals surface area (Å²) in [6.07, 6.45) is 5.32. The molecule has 0 aromatic heterocycles. The van der Waals surface area contributed by atoms with Crippen LogP contribution >= 0.6 is 0 Å². The number of fused-ring (bicyclic) bond motifs is 24. The molecular formula is C57H78N19O37S6-5. The van der Waals surface area contributed by atoms with Crippen LogP contribution in [0.2, 0.25) is 0 Å². The Bertz CT molecular complexity index is 4890. The van der Waals surface area contributed by atoms with E-state index in [0.29, 0.717) is 134 Å². The number of likely N-dealkylation sites (N-methyl/N-ethyl adjacent to an activating group) is 1. The summed E-state index contributed by atoms with van der Waals surface area (Å²) in [6.45, 7) is 5.19. The maximum atomic E-state index is 12.4. The zero-order chi connectivity index (χ0) is 86.5. The van der Waals surface area contributed by atoms with Gasteiger partial charge in [0.15, 0.2) is 0 Å². The van der Waals surface area contributed by atoms with Crippen molar-refractivity contribution in [2.75, 3.05) is 106 Å². The fourth-order valence-corrected chi connectivity index (χ4v) is 22.0. The van der Waals surface area contributed by atoms with E-state index in [1.807, 2.05) is 4.90 Å². The van der Waals surface area contributed by atoms with Gasteiger partial charge in [0.2, 0.25) is 97.8 Å². The number of piperidine rings is 7. The van der Waals surface area contributed by atoms with E-state index in [1.165, 1.54) is 36.5 Å². The van der Waals surface area contributed by atoms with Crippen molar-refractivity contribution in [3.8, 4) is 0 Å². The van der Waals surface area contributed by atoms with Gasteiger partial charge in [-0.05, 0) is 63.7 Å². The molecule has 19 rings (SSSR count). The van der Waals surface area contributed by atoms with Crippen molar-refractivity contribution in [3.05, 3.63) is 0 Å². The maximum absolute atomic E-state index is 12.4. The van der Waals surface area contributed by atoms with Crippen molar-refractivity contribution in [1.29, 1.82) is 0 Å². The van der Waals surface area contributed by atoms with E-state index in [9.17, 15) is 135 Å². The molecule has 0 unspecified atom stereocenters. The van der Waals surface area contributed by atoms with Gasteiger partial charge in [0.1, 0.15) is 36.3 Å². The lowest BCUT2D eigenvalue weighted by molar-refractivity contribution is -0.368. The number of hydrogen-bond donors (Lipinski definition) is 4. The Hall–Kier alpha value is -8.42. The van der Waals surface area contributed by atoms with Gasteiger partial charge in [-0.25, -0.2) is 79.3 Å². The molecule has 119 heavy (non-hydrogen) atoms. The number of urea groups is 6. The Morgan fingerprint density at radius 2 is 0.697 bits per heavy atom. The molecule has 18 amide bonds. The van der Waals surface area contributed by atoms with E-state index in [-0.39, 0.29) is 116 Å². The topological polar surface area (TPSA) is 725 Å². The minimum atomic E-state index is -5.04. The van der Waals surface area contributed by atoms with Gasteiger partial charge in [-0.15, -0.1) is 0 Å². The molecule has 18 saturated heterocycles. The first-order chi connectivity index (χ1) is 55.5. The third-order valence-electron chi connectivity index (χ3n) is 24.0. The Balaban J connectivity index is 0.000000117. The number of rotatable bonds is 17. The van der Waals surface area contributed by atoms with Crippen molar-refractivity contribution < 1.29 is 172 Å². The van der Waals surface area contributed by atoms with Crippen LogP contribution < -0.4 is 21.7 Å². The Labute approximate surface area is 676 Å².